The minimum atomic E-state index is -1.10. The average molecular weight is 266 g/mol. The standard InChI is InChI=1S/C11H13N3O3S/c15-9(13-11-14-12-4-18-11)7-5-1-2-6(3-5)8(7)10(16)17/h4-8H,1-3H2,(H,16,17)(H,13,14,15)/p-1/t5-,6+,7-,8+/m1/s1. The van der Waals surface area contributed by atoms with Crippen LogP contribution >= 0.6 is 11.3 Å². The Bertz CT molecular complexity index is 476. The van der Waals surface area contributed by atoms with Crippen molar-refractivity contribution in [1.29, 1.82) is 0 Å². The number of carboxylic acids is 1. The normalized spacial score (nSPS) is 33.6. The second kappa shape index (κ2) is 4.31. The van der Waals surface area contributed by atoms with E-state index in [9.17, 15) is 14.7 Å². The molecule has 0 spiro atoms. The minimum absolute atomic E-state index is 0.102. The molecule has 2 fully saturated rings. The smallest absolute Gasteiger partial charge is 0.230 e. The Morgan fingerprint density at radius 2 is 2.06 bits per heavy atom. The molecule has 0 aliphatic heterocycles. The predicted molar refractivity (Wildman–Crippen MR) is 61.4 cm³/mol. The molecule has 1 amide bonds. The van der Waals surface area contributed by atoms with Crippen molar-refractivity contribution in [3.63, 3.8) is 0 Å². The van der Waals surface area contributed by atoms with Crippen molar-refractivity contribution in [1.82, 2.24) is 10.2 Å². The van der Waals surface area contributed by atoms with E-state index in [1.54, 1.807) is 0 Å². The number of carbonyl (C=O) groups is 2. The van der Waals surface area contributed by atoms with Gasteiger partial charge in [-0.15, -0.1) is 10.2 Å². The quantitative estimate of drug-likeness (QED) is 0.823. The Morgan fingerprint density at radius 1 is 1.33 bits per heavy atom. The highest BCUT2D eigenvalue weighted by molar-refractivity contribution is 7.13. The molecule has 6 nitrogen and oxygen atoms in total. The van der Waals surface area contributed by atoms with E-state index < -0.39 is 17.8 Å². The SMILES string of the molecule is O=C(Nc1nncs1)[C@@H]1[C@@H]2CC[C@@H](C2)[C@@H]1C(=O)[O-]. The van der Waals surface area contributed by atoms with Crippen LogP contribution in [-0.4, -0.2) is 22.1 Å². The van der Waals surface area contributed by atoms with Gasteiger partial charge in [0.15, 0.2) is 0 Å². The fourth-order valence-electron chi connectivity index (χ4n) is 3.42. The highest BCUT2D eigenvalue weighted by Crippen LogP contribution is 2.52. The molecule has 0 radical (unpaired) electrons. The second-order valence-corrected chi connectivity index (χ2v) is 5.77. The van der Waals surface area contributed by atoms with Crippen molar-refractivity contribution < 1.29 is 14.7 Å². The van der Waals surface area contributed by atoms with Gasteiger partial charge < -0.3 is 15.2 Å². The van der Waals surface area contributed by atoms with Gasteiger partial charge in [0.05, 0.1) is 0 Å². The first-order valence-electron chi connectivity index (χ1n) is 5.94. The third-order valence-corrected chi connectivity index (χ3v) is 4.69. The van der Waals surface area contributed by atoms with E-state index in [-0.39, 0.29) is 17.7 Å². The lowest BCUT2D eigenvalue weighted by atomic mass is 9.79. The number of carbonyl (C=O) groups excluding carboxylic acids is 2. The molecule has 4 atom stereocenters. The van der Waals surface area contributed by atoms with E-state index in [0.717, 1.165) is 19.3 Å². The van der Waals surface area contributed by atoms with E-state index in [1.165, 1.54) is 16.8 Å². The number of anilines is 1. The van der Waals surface area contributed by atoms with Gasteiger partial charge >= 0.3 is 0 Å². The summed E-state index contributed by atoms with van der Waals surface area (Å²) in [6, 6.07) is 0. The van der Waals surface area contributed by atoms with Crippen LogP contribution in [0.1, 0.15) is 19.3 Å². The van der Waals surface area contributed by atoms with Crippen molar-refractivity contribution in [2.45, 2.75) is 19.3 Å². The Labute approximate surface area is 107 Å². The van der Waals surface area contributed by atoms with Gasteiger partial charge in [0.1, 0.15) is 5.51 Å². The maximum Gasteiger partial charge on any atom is 0.230 e. The highest BCUT2D eigenvalue weighted by atomic mass is 32.1. The molecule has 2 saturated carbocycles. The molecule has 1 N–H and O–H groups in total. The Morgan fingerprint density at radius 3 is 2.67 bits per heavy atom. The van der Waals surface area contributed by atoms with Crippen LogP contribution in [0, 0.1) is 23.7 Å². The summed E-state index contributed by atoms with van der Waals surface area (Å²) in [6.07, 6.45) is 2.65. The van der Waals surface area contributed by atoms with Gasteiger partial charge in [-0.05, 0) is 31.1 Å². The number of rotatable bonds is 3. The van der Waals surface area contributed by atoms with Crippen LogP contribution in [0.4, 0.5) is 5.13 Å². The summed E-state index contributed by atoms with van der Waals surface area (Å²) >= 11 is 1.22. The number of amides is 1. The Kier molecular flexibility index (Phi) is 2.77. The van der Waals surface area contributed by atoms with Crippen LogP contribution in [-0.2, 0) is 9.59 Å². The number of hydrogen-bond acceptors (Lipinski definition) is 6. The van der Waals surface area contributed by atoms with Gasteiger partial charge in [-0.3, -0.25) is 4.79 Å². The third-order valence-electron chi connectivity index (χ3n) is 4.08. The summed E-state index contributed by atoms with van der Waals surface area (Å²) in [5.74, 6) is -2.20. The van der Waals surface area contributed by atoms with Crippen LogP contribution in [0.3, 0.4) is 0 Å². The average Bonchev–Trinajstić information content (AvgIpc) is 3.03. The largest absolute Gasteiger partial charge is 0.550 e. The van der Waals surface area contributed by atoms with Crippen LogP contribution in [0.5, 0.6) is 0 Å². The van der Waals surface area contributed by atoms with Crippen molar-refractivity contribution in [2.24, 2.45) is 23.7 Å². The third kappa shape index (κ3) is 1.78. The van der Waals surface area contributed by atoms with Gasteiger partial charge in [-0.25, -0.2) is 0 Å². The van der Waals surface area contributed by atoms with Crippen molar-refractivity contribution in [3.05, 3.63) is 5.51 Å². The molecule has 0 aromatic carbocycles. The van der Waals surface area contributed by atoms with Gasteiger partial charge in [0.25, 0.3) is 0 Å². The van der Waals surface area contributed by atoms with Gasteiger partial charge in [-0.2, -0.15) is 0 Å². The molecule has 1 heterocycles. The number of nitrogens with one attached hydrogen (secondary N) is 1. The van der Waals surface area contributed by atoms with Crippen molar-refractivity contribution in [2.75, 3.05) is 5.32 Å². The molecule has 7 heteroatoms. The van der Waals surface area contributed by atoms with E-state index in [1.807, 2.05) is 0 Å². The molecular formula is C11H12N3O3S-. The molecule has 18 heavy (non-hydrogen) atoms. The molecule has 96 valence electrons. The van der Waals surface area contributed by atoms with Gasteiger partial charge in [-0.1, -0.05) is 11.3 Å². The van der Waals surface area contributed by atoms with E-state index in [0.29, 0.717) is 5.13 Å². The van der Waals surface area contributed by atoms with E-state index in [2.05, 4.69) is 15.5 Å². The molecule has 3 rings (SSSR count). The lowest BCUT2D eigenvalue weighted by molar-refractivity contribution is -0.314. The molecule has 0 unspecified atom stereocenters. The molecule has 1 aromatic rings. The fraction of sp³-hybridized carbons (Fsp3) is 0.636. The first-order chi connectivity index (χ1) is 8.66. The fourth-order valence-corrected chi connectivity index (χ4v) is 3.87. The highest BCUT2D eigenvalue weighted by Gasteiger charge is 2.51. The first kappa shape index (κ1) is 11.6. The lowest BCUT2D eigenvalue weighted by Crippen LogP contribution is -2.43. The zero-order valence-electron chi connectivity index (χ0n) is 9.54. The first-order valence-corrected chi connectivity index (χ1v) is 6.82. The molecule has 2 aliphatic carbocycles. The molecular weight excluding hydrogens is 254 g/mol. The molecule has 2 bridgehead atoms. The summed E-state index contributed by atoms with van der Waals surface area (Å²) in [6.45, 7) is 0. The zero-order chi connectivity index (χ0) is 12.7. The zero-order valence-corrected chi connectivity index (χ0v) is 10.4. The van der Waals surface area contributed by atoms with Crippen LogP contribution < -0.4 is 10.4 Å². The lowest BCUT2D eigenvalue weighted by Gasteiger charge is -2.30. The minimum Gasteiger partial charge on any atom is -0.550 e. The monoisotopic (exact) mass is 266 g/mol. The van der Waals surface area contributed by atoms with Crippen molar-refractivity contribution in [3.8, 4) is 0 Å². The summed E-state index contributed by atoms with van der Waals surface area (Å²) in [5, 5.41) is 21.6. The maximum atomic E-state index is 12.2. The van der Waals surface area contributed by atoms with E-state index >= 15 is 0 Å². The Hall–Kier alpha value is -1.50. The molecule has 2 aliphatic rings. The number of nitrogens with zero attached hydrogens (tertiary/aromatic N) is 2. The molecule has 0 saturated heterocycles. The van der Waals surface area contributed by atoms with Crippen LogP contribution in [0.25, 0.3) is 0 Å². The number of fused-ring (bicyclic) bond motifs is 2. The Balaban J connectivity index is 1.78. The maximum absolute atomic E-state index is 12.2. The van der Waals surface area contributed by atoms with Crippen LogP contribution in [0.15, 0.2) is 5.51 Å². The topological polar surface area (TPSA) is 95.0 Å². The van der Waals surface area contributed by atoms with Crippen molar-refractivity contribution >= 4 is 28.3 Å². The number of aliphatic carboxylic acids is 1. The number of aromatic nitrogens is 2. The number of carboxylic acid groups (broad SMARTS) is 1. The summed E-state index contributed by atoms with van der Waals surface area (Å²) in [7, 11) is 0. The van der Waals surface area contributed by atoms with Crippen LogP contribution in [0.2, 0.25) is 0 Å². The summed E-state index contributed by atoms with van der Waals surface area (Å²) in [5.41, 5.74) is 1.52. The number of hydrogen-bond donors (Lipinski definition) is 1. The van der Waals surface area contributed by atoms with Gasteiger partial charge in [0.2, 0.25) is 11.0 Å². The molecule has 1 aromatic heterocycles. The summed E-state index contributed by atoms with van der Waals surface area (Å²) in [4.78, 5) is 23.3. The second-order valence-electron chi connectivity index (χ2n) is 4.94. The predicted octanol–water partition coefficient (Wildman–Crippen LogP) is -0.111. The van der Waals surface area contributed by atoms with Gasteiger partial charge in [0, 0.05) is 17.8 Å². The summed E-state index contributed by atoms with van der Waals surface area (Å²) < 4.78 is 0. The van der Waals surface area contributed by atoms with E-state index in [4.69, 9.17) is 0 Å².